The van der Waals surface area contributed by atoms with Crippen LogP contribution in [-0.2, 0) is 14.2 Å². The van der Waals surface area contributed by atoms with Crippen molar-refractivity contribution >= 4 is 0 Å². The second-order valence-corrected chi connectivity index (χ2v) is 5.40. The van der Waals surface area contributed by atoms with Crippen molar-refractivity contribution in [2.24, 2.45) is 5.92 Å². The molecule has 0 aliphatic heterocycles. The van der Waals surface area contributed by atoms with Gasteiger partial charge in [-0.1, -0.05) is 19.8 Å². The first kappa shape index (κ1) is 16.9. The minimum absolute atomic E-state index is 0.00729. The summed E-state index contributed by atoms with van der Waals surface area (Å²) < 4.78 is 16.2. The molecule has 1 fully saturated rings. The first-order chi connectivity index (χ1) is 9.27. The average Bonchev–Trinajstić information content (AvgIpc) is 2.41. The molecule has 1 rings (SSSR count). The zero-order valence-corrected chi connectivity index (χ0v) is 12.5. The number of hydrogen-bond acceptors (Lipinski definition) is 4. The largest absolute Gasteiger partial charge is 0.390 e. The molecule has 3 atom stereocenters. The molecular weight excluding hydrogens is 244 g/mol. The van der Waals surface area contributed by atoms with E-state index in [0.29, 0.717) is 19.8 Å². The molecule has 1 N–H and O–H groups in total. The summed E-state index contributed by atoms with van der Waals surface area (Å²) in [5, 5.41) is 9.95. The lowest BCUT2D eigenvalue weighted by Crippen LogP contribution is -2.36. The topological polar surface area (TPSA) is 47.9 Å². The van der Waals surface area contributed by atoms with E-state index in [1.807, 2.05) is 0 Å². The maximum atomic E-state index is 9.95. The number of hydrogen-bond donors (Lipinski definition) is 1. The lowest BCUT2D eigenvalue weighted by atomic mass is 9.83. The van der Waals surface area contributed by atoms with Crippen LogP contribution in [0.5, 0.6) is 0 Å². The molecular formula is C15H30O4. The number of rotatable bonds is 10. The van der Waals surface area contributed by atoms with Crippen LogP contribution in [0.2, 0.25) is 0 Å². The molecule has 1 saturated carbocycles. The molecule has 19 heavy (non-hydrogen) atoms. The van der Waals surface area contributed by atoms with Gasteiger partial charge in [0.2, 0.25) is 0 Å². The third kappa shape index (κ3) is 7.25. The zero-order chi connectivity index (χ0) is 13.9. The van der Waals surface area contributed by atoms with E-state index in [1.165, 1.54) is 12.8 Å². The van der Waals surface area contributed by atoms with Gasteiger partial charge in [0, 0.05) is 20.3 Å². The molecule has 0 radical (unpaired) electrons. The summed E-state index contributed by atoms with van der Waals surface area (Å²) in [7, 11) is 1.69. The van der Waals surface area contributed by atoms with E-state index >= 15 is 0 Å². The van der Waals surface area contributed by atoms with Gasteiger partial charge in [-0.05, 0) is 31.6 Å². The van der Waals surface area contributed by atoms with Gasteiger partial charge in [-0.15, -0.1) is 0 Å². The van der Waals surface area contributed by atoms with Crippen molar-refractivity contribution < 1.29 is 19.3 Å². The van der Waals surface area contributed by atoms with Gasteiger partial charge in [0.1, 0.15) is 0 Å². The summed E-state index contributed by atoms with van der Waals surface area (Å²) in [6.07, 6.45) is 6.12. The van der Waals surface area contributed by atoms with E-state index in [0.717, 1.165) is 38.2 Å². The van der Waals surface area contributed by atoms with Gasteiger partial charge < -0.3 is 19.3 Å². The average molecular weight is 274 g/mol. The van der Waals surface area contributed by atoms with E-state index < -0.39 is 0 Å². The van der Waals surface area contributed by atoms with Crippen LogP contribution in [0.25, 0.3) is 0 Å². The Hall–Kier alpha value is -0.160. The summed E-state index contributed by atoms with van der Waals surface area (Å²) in [5.74, 6) is 0.723. The van der Waals surface area contributed by atoms with Crippen molar-refractivity contribution in [3.05, 3.63) is 0 Å². The summed E-state index contributed by atoms with van der Waals surface area (Å²) in [5.41, 5.74) is 0. The minimum Gasteiger partial charge on any atom is -0.390 e. The van der Waals surface area contributed by atoms with Gasteiger partial charge in [-0.3, -0.25) is 0 Å². The van der Waals surface area contributed by atoms with E-state index in [4.69, 9.17) is 14.2 Å². The fourth-order valence-corrected chi connectivity index (χ4v) is 2.71. The van der Waals surface area contributed by atoms with Crippen LogP contribution in [0.4, 0.5) is 0 Å². The van der Waals surface area contributed by atoms with Crippen molar-refractivity contribution in [2.45, 2.75) is 57.7 Å². The fourth-order valence-electron chi connectivity index (χ4n) is 2.71. The molecule has 3 unspecified atom stereocenters. The summed E-state index contributed by atoms with van der Waals surface area (Å²) in [6.45, 7) is 4.84. The highest BCUT2D eigenvalue weighted by atomic mass is 16.5. The first-order valence-corrected chi connectivity index (χ1v) is 7.64. The molecule has 0 bridgehead atoms. The Morgan fingerprint density at radius 2 is 1.95 bits per heavy atom. The Morgan fingerprint density at radius 3 is 2.68 bits per heavy atom. The Bertz CT molecular complexity index is 210. The van der Waals surface area contributed by atoms with E-state index in [1.54, 1.807) is 7.11 Å². The van der Waals surface area contributed by atoms with Gasteiger partial charge in [-0.2, -0.15) is 0 Å². The highest BCUT2D eigenvalue weighted by Crippen LogP contribution is 2.29. The Morgan fingerprint density at radius 1 is 1.11 bits per heavy atom. The highest BCUT2D eigenvalue weighted by Gasteiger charge is 2.29. The number of aliphatic hydroxyl groups is 1. The molecule has 0 aromatic carbocycles. The molecule has 0 aromatic heterocycles. The third-order valence-electron chi connectivity index (χ3n) is 3.76. The molecule has 4 nitrogen and oxygen atoms in total. The number of methoxy groups -OCH3 is 1. The standard InChI is InChI=1S/C15H30O4/c1-3-5-13-6-7-14(16)15(12-13)19-11-10-18-9-4-8-17-2/h13-16H,3-12H2,1-2H3. The van der Waals surface area contributed by atoms with Crippen LogP contribution in [0, 0.1) is 5.92 Å². The van der Waals surface area contributed by atoms with Gasteiger partial charge in [0.05, 0.1) is 25.4 Å². The number of aliphatic hydroxyl groups excluding tert-OH is 1. The molecule has 0 spiro atoms. The maximum Gasteiger partial charge on any atom is 0.0837 e. The van der Waals surface area contributed by atoms with Crippen molar-refractivity contribution in [1.29, 1.82) is 0 Å². The molecule has 0 saturated heterocycles. The predicted molar refractivity (Wildman–Crippen MR) is 75.3 cm³/mol. The smallest absolute Gasteiger partial charge is 0.0837 e. The first-order valence-electron chi connectivity index (χ1n) is 7.64. The van der Waals surface area contributed by atoms with Crippen molar-refractivity contribution in [3.8, 4) is 0 Å². The van der Waals surface area contributed by atoms with E-state index in [2.05, 4.69) is 6.92 Å². The van der Waals surface area contributed by atoms with Crippen LogP contribution in [0.1, 0.15) is 45.4 Å². The lowest BCUT2D eigenvalue weighted by Gasteiger charge is -2.33. The monoisotopic (exact) mass is 274 g/mol. The molecule has 1 aliphatic carbocycles. The Labute approximate surface area is 117 Å². The van der Waals surface area contributed by atoms with Gasteiger partial charge in [0.15, 0.2) is 0 Å². The Kier molecular flexibility index (Phi) is 9.43. The summed E-state index contributed by atoms with van der Waals surface area (Å²) >= 11 is 0. The van der Waals surface area contributed by atoms with Crippen LogP contribution >= 0.6 is 0 Å². The maximum absolute atomic E-state index is 9.95. The van der Waals surface area contributed by atoms with Crippen molar-refractivity contribution in [3.63, 3.8) is 0 Å². The minimum atomic E-state index is -0.290. The second kappa shape index (κ2) is 10.6. The highest BCUT2D eigenvalue weighted by molar-refractivity contribution is 4.80. The fraction of sp³-hybridized carbons (Fsp3) is 1.00. The Balaban J connectivity index is 2.06. The lowest BCUT2D eigenvalue weighted by molar-refractivity contribution is -0.0853. The molecule has 0 heterocycles. The van der Waals surface area contributed by atoms with Gasteiger partial charge >= 0.3 is 0 Å². The molecule has 114 valence electrons. The SMILES string of the molecule is CCCC1CCC(O)C(OCCOCCCOC)C1. The van der Waals surface area contributed by atoms with Crippen LogP contribution < -0.4 is 0 Å². The van der Waals surface area contributed by atoms with Gasteiger partial charge in [0.25, 0.3) is 0 Å². The molecule has 1 aliphatic rings. The van der Waals surface area contributed by atoms with Crippen LogP contribution in [0.15, 0.2) is 0 Å². The third-order valence-corrected chi connectivity index (χ3v) is 3.76. The van der Waals surface area contributed by atoms with E-state index in [9.17, 15) is 5.11 Å². The summed E-state index contributed by atoms with van der Waals surface area (Å²) in [6, 6.07) is 0. The quantitative estimate of drug-likeness (QED) is 0.621. The predicted octanol–water partition coefficient (Wildman–Crippen LogP) is 2.39. The van der Waals surface area contributed by atoms with Gasteiger partial charge in [-0.25, -0.2) is 0 Å². The van der Waals surface area contributed by atoms with Crippen molar-refractivity contribution in [2.75, 3.05) is 33.5 Å². The zero-order valence-electron chi connectivity index (χ0n) is 12.5. The normalized spacial score (nSPS) is 27.6. The van der Waals surface area contributed by atoms with E-state index in [-0.39, 0.29) is 12.2 Å². The molecule has 0 amide bonds. The van der Waals surface area contributed by atoms with Crippen LogP contribution in [0.3, 0.4) is 0 Å². The molecule has 4 heteroatoms. The van der Waals surface area contributed by atoms with Crippen LogP contribution in [-0.4, -0.2) is 50.9 Å². The second-order valence-electron chi connectivity index (χ2n) is 5.40. The van der Waals surface area contributed by atoms with Crippen molar-refractivity contribution in [1.82, 2.24) is 0 Å². The summed E-state index contributed by atoms with van der Waals surface area (Å²) in [4.78, 5) is 0. The number of ether oxygens (including phenoxy) is 3. The molecule has 0 aromatic rings.